The van der Waals surface area contributed by atoms with Gasteiger partial charge >= 0.3 is 0 Å². The van der Waals surface area contributed by atoms with Crippen molar-refractivity contribution in [3.05, 3.63) is 40.8 Å². The molecule has 0 atom stereocenters. The zero-order chi connectivity index (χ0) is 13.9. The van der Waals surface area contributed by atoms with E-state index in [2.05, 4.69) is 31.1 Å². The second kappa shape index (κ2) is 5.59. The lowest BCUT2D eigenvalue weighted by atomic mass is 10.3. The quantitative estimate of drug-likeness (QED) is 0.665. The molecule has 0 saturated carbocycles. The van der Waals surface area contributed by atoms with Gasteiger partial charge in [-0.05, 0) is 28.1 Å². The lowest BCUT2D eigenvalue weighted by Crippen LogP contribution is -1.77. The zero-order valence-corrected chi connectivity index (χ0v) is 12.2. The molecule has 0 aliphatic heterocycles. The van der Waals surface area contributed by atoms with Gasteiger partial charge in [0.05, 0.1) is 4.47 Å². The molecule has 0 aromatic carbocycles. The summed E-state index contributed by atoms with van der Waals surface area (Å²) in [5.41, 5.74) is 0.784. The van der Waals surface area contributed by atoms with Gasteiger partial charge in [-0.25, -0.2) is 0 Å². The molecule has 0 N–H and O–H groups in total. The maximum Gasteiger partial charge on any atom is 0.284 e. The third-order valence-electron chi connectivity index (χ3n) is 2.30. The highest BCUT2D eigenvalue weighted by Crippen LogP contribution is 2.35. The van der Waals surface area contributed by atoms with Gasteiger partial charge in [0, 0.05) is 35.8 Å². The highest BCUT2D eigenvalue weighted by atomic mass is 79.9. The first-order valence-electron chi connectivity index (χ1n) is 5.42. The summed E-state index contributed by atoms with van der Waals surface area (Å²) in [5.74, 6) is 0.626. The fourth-order valence-electron chi connectivity index (χ4n) is 1.44. The number of carbonyl (C=O) groups is 1. The van der Waals surface area contributed by atoms with E-state index in [4.69, 9.17) is 8.83 Å². The maximum absolute atomic E-state index is 10.6. The Morgan fingerprint density at radius 1 is 1.20 bits per heavy atom. The van der Waals surface area contributed by atoms with Gasteiger partial charge in [-0.15, -0.1) is 10.2 Å². The average Bonchev–Trinajstić information content (AvgIpc) is 3.08. The van der Waals surface area contributed by atoms with Crippen molar-refractivity contribution in [3.63, 3.8) is 0 Å². The number of furan rings is 1. The highest BCUT2D eigenvalue weighted by molar-refractivity contribution is 9.10. The molecule has 0 aliphatic carbocycles. The third kappa shape index (κ3) is 2.66. The van der Waals surface area contributed by atoms with Gasteiger partial charge < -0.3 is 8.83 Å². The van der Waals surface area contributed by atoms with E-state index in [1.165, 1.54) is 0 Å². The number of nitrogens with zero attached hydrogens (tertiary/aromatic N) is 3. The van der Waals surface area contributed by atoms with E-state index in [9.17, 15) is 4.79 Å². The van der Waals surface area contributed by atoms with Crippen molar-refractivity contribution < 1.29 is 13.6 Å². The number of carbonyl (C=O) groups excluding carboxylic acids is 1. The van der Waals surface area contributed by atoms with Crippen LogP contribution in [0, 0.1) is 0 Å². The molecule has 3 aromatic heterocycles. The summed E-state index contributed by atoms with van der Waals surface area (Å²) in [6, 6.07) is 5.13. The normalized spacial score (nSPS) is 10.7. The lowest BCUT2D eigenvalue weighted by Gasteiger charge is -1.92. The standard InChI is InChI=1S/C12H6BrN3O3S/c13-9-5-8(6-17)18-11(9)20-12-16-15-10(19-12)7-1-3-14-4-2-7/h1-6H. The number of aldehydes is 1. The predicted octanol–water partition coefficient (Wildman–Crippen LogP) is 3.45. The number of hydrogen-bond acceptors (Lipinski definition) is 7. The Morgan fingerprint density at radius 3 is 2.70 bits per heavy atom. The number of aromatic nitrogens is 3. The van der Waals surface area contributed by atoms with Crippen molar-refractivity contribution in [2.45, 2.75) is 10.3 Å². The van der Waals surface area contributed by atoms with Crippen LogP contribution in [0.4, 0.5) is 0 Å². The fourth-order valence-corrected chi connectivity index (χ4v) is 2.64. The van der Waals surface area contributed by atoms with Crippen molar-refractivity contribution in [1.29, 1.82) is 0 Å². The van der Waals surface area contributed by atoms with Gasteiger partial charge in [-0.3, -0.25) is 9.78 Å². The van der Waals surface area contributed by atoms with Gasteiger partial charge in [0.25, 0.3) is 5.22 Å². The van der Waals surface area contributed by atoms with Crippen LogP contribution in [0.2, 0.25) is 0 Å². The maximum atomic E-state index is 10.6. The molecule has 100 valence electrons. The first kappa shape index (κ1) is 13.1. The Balaban J connectivity index is 1.84. The van der Waals surface area contributed by atoms with Crippen LogP contribution in [0.15, 0.2) is 54.2 Å². The van der Waals surface area contributed by atoms with E-state index in [0.29, 0.717) is 27.0 Å². The number of hydrogen-bond donors (Lipinski definition) is 0. The lowest BCUT2D eigenvalue weighted by molar-refractivity contribution is 0.109. The van der Waals surface area contributed by atoms with Crippen LogP contribution in [0.1, 0.15) is 10.6 Å². The summed E-state index contributed by atoms with van der Waals surface area (Å²) in [5, 5.41) is 8.68. The molecule has 0 fully saturated rings. The summed E-state index contributed by atoms with van der Waals surface area (Å²) in [6.07, 6.45) is 3.92. The molecular weight excluding hydrogens is 346 g/mol. The molecule has 0 radical (unpaired) electrons. The third-order valence-corrected chi connectivity index (χ3v) is 3.98. The second-order valence-electron chi connectivity index (χ2n) is 3.61. The number of pyridine rings is 1. The molecule has 3 rings (SSSR count). The Morgan fingerprint density at radius 2 is 2.00 bits per heavy atom. The minimum atomic E-state index is 0.230. The van der Waals surface area contributed by atoms with Crippen molar-refractivity contribution in [2.75, 3.05) is 0 Å². The van der Waals surface area contributed by atoms with Crippen molar-refractivity contribution in [3.8, 4) is 11.5 Å². The highest BCUT2D eigenvalue weighted by Gasteiger charge is 2.15. The SMILES string of the molecule is O=Cc1cc(Br)c(Sc2nnc(-c3ccncc3)o2)o1. The van der Waals surface area contributed by atoms with Crippen LogP contribution in [-0.2, 0) is 0 Å². The minimum absolute atomic E-state index is 0.230. The smallest absolute Gasteiger partial charge is 0.284 e. The Labute approximate surface area is 125 Å². The molecule has 0 spiro atoms. The van der Waals surface area contributed by atoms with Crippen LogP contribution in [0.3, 0.4) is 0 Å². The van der Waals surface area contributed by atoms with E-state index in [1.807, 2.05) is 0 Å². The van der Waals surface area contributed by atoms with Gasteiger partial charge in [0.2, 0.25) is 5.89 Å². The van der Waals surface area contributed by atoms with Crippen LogP contribution in [0.25, 0.3) is 11.5 Å². The van der Waals surface area contributed by atoms with E-state index in [-0.39, 0.29) is 5.76 Å². The van der Waals surface area contributed by atoms with E-state index in [0.717, 1.165) is 17.3 Å². The van der Waals surface area contributed by atoms with Gasteiger partial charge in [0.15, 0.2) is 17.1 Å². The molecule has 0 saturated heterocycles. The van der Waals surface area contributed by atoms with E-state index >= 15 is 0 Å². The Bertz CT molecular complexity index is 742. The molecule has 3 heterocycles. The number of rotatable bonds is 4. The molecule has 0 amide bonds. The average molecular weight is 352 g/mol. The fraction of sp³-hybridized carbons (Fsp3) is 0. The molecule has 3 aromatic rings. The summed E-state index contributed by atoms with van der Waals surface area (Å²) in [6.45, 7) is 0. The van der Waals surface area contributed by atoms with E-state index < -0.39 is 0 Å². The number of halogens is 1. The predicted molar refractivity (Wildman–Crippen MR) is 73.4 cm³/mol. The largest absolute Gasteiger partial charge is 0.445 e. The summed E-state index contributed by atoms with van der Waals surface area (Å²) >= 11 is 4.43. The van der Waals surface area contributed by atoms with Gasteiger partial charge in [-0.2, -0.15) is 0 Å². The van der Waals surface area contributed by atoms with Crippen molar-refractivity contribution >= 4 is 34.0 Å². The Kier molecular flexibility index (Phi) is 3.66. The molecule has 6 nitrogen and oxygen atoms in total. The molecular formula is C12H6BrN3O3S. The summed E-state index contributed by atoms with van der Waals surface area (Å²) in [4.78, 5) is 14.6. The van der Waals surface area contributed by atoms with Crippen LogP contribution in [-0.4, -0.2) is 21.5 Å². The first-order chi connectivity index (χ1) is 9.76. The van der Waals surface area contributed by atoms with Crippen molar-refractivity contribution in [1.82, 2.24) is 15.2 Å². The molecule has 8 heteroatoms. The summed E-state index contributed by atoms with van der Waals surface area (Å²) in [7, 11) is 0. The van der Waals surface area contributed by atoms with Crippen LogP contribution < -0.4 is 0 Å². The van der Waals surface area contributed by atoms with E-state index in [1.54, 1.807) is 30.6 Å². The monoisotopic (exact) mass is 351 g/mol. The molecule has 0 unspecified atom stereocenters. The second-order valence-corrected chi connectivity index (χ2v) is 5.39. The minimum Gasteiger partial charge on any atom is -0.445 e. The van der Waals surface area contributed by atoms with Crippen molar-refractivity contribution in [2.24, 2.45) is 0 Å². The first-order valence-corrected chi connectivity index (χ1v) is 7.03. The molecule has 20 heavy (non-hydrogen) atoms. The Hall–Kier alpha value is -1.93. The van der Waals surface area contributed by atoms with Gasteiger partial charge in [0.1, 0.15) is 0 Å². The zero-order valence-electron chi connectivity index (χ0n) is 9.82. The molecule has 0 aliphatic rings. The van der Waals surface area contributed by atoms with Gasteiger partial charge in [-0.1, -0.05) is 0 Å². The topological polar surface area (TPSA) is 82.0 Å². The van der Waals surface area contributed by atoms with Crippen LogP contribution in [0.5, 0.6) is 0 Å². The van der Waals surface area contributed by atoms with Crippen LogP contribution >= 0.6 is 27.7 Å². The molecule has 0 bridgehead atoms. The summed E-state index contributed by atoms with van der Waals surface area (Å²) < 4.78 is 11.5.